The molecule has 6 rings (SSSR count). The fourth-order valence-corrected chi connectivity index (χ4v) is 11.6. The van der Waals surface area contributed by atoms with Gasteiger partial charge >= 0.3 is 0 Å². The Morgan fingerprint density at radius 3 is 1.61 bits per heavy atom. The van der Waals surface area contributed by atoms with E-state index < -0.39 is 27.6 Å². The van der Waals surface area contributed by atoms with Crippen LogP contribution in [0.5, 0.6) is 11.5 Å². The van der Waals surface area contributed by atoms with Crippen LogP contribution in [0.25, 0.3) is 16.7 Å². The number of imidazole rings is 1. The molecule has 25 heteroatoms. The molecule has 0 spiro atoms. The van der Waals surface area contributed by atoms with Crippen LogP contribution >= 0.6 is 0 Å². The highest BCUT2D eigenvalue weighted by molar-refractivity contribution is 7.86. The number of amides is 1. The number of carboxylic acid groups (broad SMARTS) is 1. The van der Waals surface area contributed by atoms with Crippen LogP contribution in [-0.4, -0.2) is 223 Å². The number of hydrogen-bond acceptors (Lipinski definition) is 21. The summed E-state index contributed by atoms with van der Waals surface area (Å²) in [4.78, 5) is 30.1. The summed E-state index contributed by atoms with van der Waals surface area (Å²) in [5, 5.41) is 15.1. The number of fused-ring (bicyclic) bond motifs is 4. The zero-order valence-electron chi connectivity index (χ0n) is 53.4. The number of nitrogens with one attached hydrogen (secondary N) is 1. The highest BCUT2D eigenvalue weighted by atomic mass is 32.2. The Morgan fingerprint density at radius 1 is 0.622 bits per heavy atom. The van der Waals surface area contributed by atoms with E-state index in [0.29, 0.717) is 194 Å². The number of aromatic nitrogens is 2. The van der Waals surface area contributed by atoms with E-state index in [-0.39, 0.29) is 32.1 Å². The normalized spacial score (nSPS) is 14.6. The number of rotatable bonds is 48. The number of nitrogens with zero attached hydrogens (tertiary/aromatic N) is 4. The Balaban J connectivity index is 0.0000147. The third kappa shape index (κ3) is 24.6. The Hall–Kier alpha value is -5.39. The summed E-state index contributed by atoms with van der Waals surface area (Å²) in [5.41, 5.74) is 5.17. The Morgan fingerprint density at radius 2 is 1.13 bits per heavy atom. The van der Waals surface area contributed by atoms with Crippen LogP contribution in [0.1, 0.15) is 111 Å². The summed E-state index contributed by atoms with van der Waals surface area (Å²) >= 11 is 0. The number of carbonyl (C=O) groups excluding carboxylic acids is 2. The molecule has 0 aliphatic carbocycles. The summed E-state index contributed by atoms with van der Waals surface area (Å²) in [6.07, 6.45) is 10.0. The number of ether oxygens (including phenoxy) is 13. The predicted octanol–water partition coefficient (Wildman–Crippen LogP) is 4.74. The van der Waals surface area contributed by atoms with E-state index in [1.165, 1.54) is 5.57 Å². The molecule has 90 heavy (non-hydrogen) atoms. The zero-order valence-corrected chi connectivity index (χ0v) is 54.2. The molecule has 3 aliphatic rings. The smallest absolute Gasteiger partial charge is 0.252 e. The average Bonchev–Trinajstić information content (AvgIpc) is 1.05. The Kier molecular flexibility index (Phi) is 33.4. The minimum Gasteiger partial charge on any atom is -0.748 e. The third-order valence-electron chi connectivity index (χ3n) is 15.0. The van der Waals surface area contributed by atoms with Crippen LogP contribution in [-0.2, 0) is 78.3 Å². The number of aryl methyl sites for hydroxylation is 1. The van der Waals surface area contributed by atoms with Crippen molar-refractivity contribution in [1.29, 1.82) is 0 Å². The second-order valence-electron chi connectivity index (χ2n) is 22.3. The number of likely N-dealkylation sites (N-methyl/N-ethyl adjacent to an activating group) is 2. The van der Waals surface area contributed by atoms with Crippen molar-refractivity contribution in [2.24, 2.45) is 0 Å². The van der Waals surface area contributed by atoms with Crippen molar-refractivity contribution >= 4 is 44.6 Å². The van der Waals surface area contributed by atoms with Gasteiger partial charge in [-0.2, -0.15) is 0 Å². The molecular weight excluding hydrogens is 1190 g/mol. The van der Waals surface area contributed by atoms with Crippen LogP contribution < -0.4 is 35.2 Å². The molecule has 1 N–H and O–H groups in total. The van der Waals surface area contributed by atoms with E-state index in [1.807, 2.05) is 38.3 Å². The lowest BCUT2D eigenvalue weighted by Crippen LogP contribution is -2.49. The van der Waals surface area contributed by atoms with Crippen LogP contribution in [0.3, 0.4) is 0 Å². The number of anilines is 1. The third-order valence-corrected chi connectivity index (χ3v) is 15.7. The van der Waals surface area contributed by atoms with Crippen molar-refractivity contribution in [3.63, 3.8) is 0 Å². The average molecular weight is 1290 g/mol. The summed E-state index contributed by atoms with van der Waals surface area (Å²) in [6.45, 7) is 26.5. The molecule has 0 bridgehead atoms. The van der Waals surface area contributed by atoms with Gasteiger partial charge in [-0.15, -0.1) is 0 Å². The molecule has 0 saturated carbocycles. The summed E-state index contributed by atoms with van der Waals surface area (Å²) in [5.74, 6) is 1.42. The maximum atomic E-state index is 12.8. The van der Waals surface area contributed by atoms with Gasteiger partial charge in [0.25, 0.3) is 6.16 Å². The van der Waals surface area contributed by atoms with Crippen molar-refractivity contribution in [2.75, 3.05) is 182 Å². The van der Waals surface area contributed by atoms with Crippen LogP contribution in [0.15, 0.2) is 48.8 Å². The molecule has 506 valence electrons. The molecule has 1 amide bonds. The van der Waals surface area contributed by atoms with Gasteiger partial charge in [0, 0.05) is 91.5 Å². The van der Waals surface area contributed by atoms with E-state index in [1.54, 1.807) is 6.20 Å². The minimum atomic E-state index is -4.61. The van der Waals surface area contributed by atoms with E-state index >= 15 is 0 Å². The lowest BCUT2D eigenvalue weighted by atomic mass is 9.85. The molecule has 0 radical (unpaired) electrons. The monoisotopic (exact) mass is 1290 g/mol. The van der Waals surface area contributed by atoms with Crippen molar-refractivity contribution in [3.8, 4) is 11.5 Å². The minimum absolute atomic E-state index is 0. The van der Waals surface area contributed by atoms with E-state index in [0.717, 1.165) is 64.6 Å². The van der Waals surface area contributed by atoms with E-state index in [9.17, 15) is 27.7 Å². The second-order valence-corrected chi connectivity index (χ2v) is 23.7. The first kappa shape index (κ1) is 75.3. The highest BCUT2D eigenvalue weighted by Gasteiger charge is 2.37. The van der Waals surface area contributed by atoms with Gasteiger partial charge in [-0.25, -0.2) is 18.0 Å². The van der Waals surface area contributed by atoms with Crippen molar-refractivity contribution in [3.05, 3.63) is 81.9 Å². The molecule has 4 heterocycles. The Bertz CT molecular complexity index is 2980. The largest absolute Gasteiger partial charge is 0.748 e. The molecule has 2 aromatic carbocycles. The second kappa shape index (κ2) is 39.9. The molecule has 3 aliphatic heterocycles. The van der Waals surface area contributed by atoms with Crippen molar-refractivity contribution in [1.82, 2.24) is 19.4 Å². The highest BCUT2D eigenvalue weighted by Crippen LogP contribution is 2.47. The molecule has 1 aromatic heterocycles. The first-order valence-corrected chi connectivity index (χ1v) is 32.9. The van der Waals surface area contributed by atoms with E-state index in [4.69, 9.17) is 61.8 Å². The van der Waals surface area contributed by atoms with Crippen molar-refractivity contribution < 1.29 is 89.2 Å². The van der Waals surface area contributed by atoms with E-state index in [2.05, 4.69) is 76.9 Å². The van der Waals surface area contributed by atoms with Crippen molar-refractivity contribution in [2.45, 2.75) is 106 Å². The molecular formula is C65H100N5O19S-. The number of unbranched alkanes of at least 4 members (excludes halogenated alkanes) is 2. The van der Waals surface area contributed by atoms with Gasteiger partial charge in [-0.05, 0) is 76.3 Å². The van der Waals surface area contributed by atoms with Gasteiger partial charge < -0.3 is 90.8 Å². The lowest BCUT2D eigenvalue weighted by molar-refractivity contribution is -0.283. The van der Waals surface area contributed by atoms with Gasteiger partial charge in [-0.1, -0.05) is 26.8 Å². The maximum Gasteiger partial charge on any atom is 0.252 e. The number of benzene rings is 2. The summed E-state index contributed by atoms with van der Waals surface area (Å²) in [7, 11) is -4.61. The molecule has 0 saturated heterocycles. The van der Waals surface area contributed by atoms with Gasteiger partial charge in [0.15, 0.2) is 5.54 Å². The Labute approximate surface area is 532 Å². The zero-order chi connectivity index (χ0) is 63.9. The molecule has 24 nitrogen and oxygen atoms in total. The quantitative estimate of drug-likeness (QED) is 0.0271. The topological polar surface area (TPSA) is 270 Å². The SMILES string of the molecule is C.CCC1=CC(C)(C)[N+](CC)=c2cc3c(cc21)=C(c1nccn1CCCCCC(=O)NCCOCCOCCOCCOCCOCCOCCOCCOCCOCCOCCOCCOC(=O)[O-])c1cc2c(cc1O3)N(CC)C(C)(C)C=C2CS(=O)(=O)[O-]. The number of hydrogen-bond donors (Lipinski definition) is 1. The first-order chi connectivity index (χ1) is 43.0. The van der Waals surface area contributed by atoms with Gasteiger partial charge in [-0.3, -0.25) is 4.79 Å². The van der Waals surface area contributed by atoms with Crippen LogP contribution in [0.4, 0.5) is 10.5 Å². The molecule has 3 aromatic rings. The molecule has 0 atom stereocenters. The molecule has 0 unspecified atom stereocenters. The maximum absolute atomic E-state index is 12.8. The van der Waals surface area contributed by atoms with Crippen LogP contribution in [0.2, 0.25) is 0 Å². The fourth-order valence-electron chi connectivity index (χ4n) is 11.0. The first-order valence-electron chi connectivity index (χ1n) is 31.3. The van der Waals surface area contributed by atoms with Gasteiger partial charge in [0.05, 0.1) is 179 Å². The van der Waals surface area contributed by atoms with Crippen LogP contribution in [0, 0.1) is 0 Å². The summed E-state index contributed by atoms with van der Waals surface area (Å²) < 4.78 is 113. The lowest BCUT2D eigenvalue weighted by Gasteiger charge is -2.43. The fraction of sp³-hybridized carbons (Fsp3) is 0.662. The number of allylic oxidation sites excluding steroid dienone is 1. The summed E-state index contributed by atoms with van der Waals surface area (Å²) in [6, 6.07) is 8.37. The van der Waals surface area contributed by atoms with Gasteiger partial charge in [0.2, 0.25) is 11.3 Å². The molecule has 0 fully saturated rings. The number of carbonyl (C=O) groups is 2. The standard InChI is InChI=1S/C64H97N5O19S.CH4/c1-8-49-46-63(4,5)68(9-2)55-44-57-53(42-51(49)55)60(54-43-52-50(48-89(73,74)75)47-64(6,7)69(10-3)56(52)45-58(54)88-57)61-66-15-18-67(61)17-13-11-12-14-59(70)65-16-19-76-20-21-77-22-23-78-24-25-79-26-27-80-28-29-81-30-31-82-32-33-83-34-35-84-36-37-85-38-39-86-40-41-87-62(71)72;/h15,18,42-47H,8-14,16-17,19-41,48H2,1-7H3,(H2-,65,70,71,72,73,74,75);1H4/p-1. The van der Waals surface area contributed by atoms with Gasteiger partial charge in [0.1, 0.15) is 23.9 Å². The predicted molar refractivity (Wildman–Crippen MR) is 338 cm³/mol.